The highest BCUT2D eigenvalue weighted by Gasteiger charge is 2.21. The molecule has 0 amide bonds. The van der Waals surface area contributed by atoms with Gasteiger partial charge in [0.25, 0.3) is 0 Å². The minimum Gasteiger partial charge on any atom is -0.468 e. The van der Waals surface area contributed by atoms with Crippen LogP contribution in [0.1, 0.15) is 39.0 Å². The van der Waals surface area contributed by atoms with E-state index < -0.39 is 0 Å². The molecule has 0 radical (unpaired) electrons. The van der Waals surface area contributed by atoms with Crippen molar-refractivity contribution in [1.29, 1.82) is 0 Å². The van der Waals surface area contributed by atoms with Crippen molar-refractivity contribution >= 4 is 5.97 Å². The van der Waals surface area contributed by atoms with E-state index >= 15 is 0 Å². The molecule has 0 aliphatic heterocycles. The van der Waals surface area contributed by atoms with E-state index in [-0.39, 0.29) is 12.0 Å². The van der Waals surface area contributed by atoms with Crippen LogP contribution in [0.5, 0.6) is 0 Å². The highest BCUT2D eigenvalue weighted by atomic mass is 16.5. The molecule has 1 atom stereocenters. The molecule has 1 saturated carbocycles. The predicted molar refractivity (Wildman–Crippen MR) is 66.9 cm³/mol. The fourth-order valence-corrected chi connectivity index (χ4v) is 1.69. The van der Waals surface area contributed by atoms with Crippen molar-refractivity contribution in [3.05, 3.63) is 0 Å². The zero-order valence-electron chi connectivity index (χ0n) is 11.0. The lowest BCUT2D eigenvalue weighted by atomic mass is 10.1. The summed E-state index contributed by atoms with van der Waals surface area (Å²) >= 11 is 0. The maximum Gasteiger partial charge on any atom is 0.322 e. The van der Waals surface area contributed by atoms with Crippen LogP contribution in [0.4, 0.5) is 0 Å². The Hall–Kier alpha value is -0.610. The van der Waals surface area contributed by atoms with E-state index in [1.165, 1.54) is 20.0 Å². The van der Waals surface area contributed by atoms with Gasteiger partial charge in [-0.3, -0.25) is 4.79 Å². The maximum atomic E-state index is 11.5. The van der Waals surface area contributed by atoms with Crippen LogP contribution in [0.15, 0.2) is 0 Å². The summed E-state index contributed by atoms with van der Waals surface area (Å²) in [5.41, 5.74) is 0. The van der Waals surface area contributed by atoms with Crippen LogP contribution in [0, 0.1) is 5.92 Å². The molecule has 4 nitrogen and oxygen atoms in total. The van der Waals surface area contributed by atoms with Crippen molar-refractivity contribution in [2.75, 3.05) is 26.9 Å². The predicted octanol–water partition coefficient (Wildman–Crippen LogP) is 1.73. The Morgan fingerprint density at radius 3 is 2.82 bits per heavy atom. The number of ether oxygens (including phenoxy) is 2. The lowest BCUT2D eigenvalue weighted by Gasteiger charge is -2.16. The van der Waals surface area contributed by atoms with Crippen molar-refractivity contribution in [2.45, 2.75) is 45.1 Å². The van der Waals surface area contributed by atoms with Crippen LogP contribution in [0.25, 0.3) is 0 Å². The van der Waals surface area contributed by atoms with Gasteiger partial charge in [0.15, 0.2) is 0 Å². The summed E-state index contributed by atoms with van der Waals surface area (Å²) in [6.07, 6.45) is 5.60. The van der Waals surface area contributed by atoms with Gasteiger partial charge >= 0.3 is 5.97 Å². The van der Waals surface area contributed by atoms with Gasteiger partial charge in [-0.25, -0.2) is 0 Å². The molecule has 0 spiro atoms. The summed E-state index contributed by atoms with van der Waals surface area (Å²) < 4.78 is 10.3. The average Bonchev–Trinajstić information content (AvgIpc) is 3.15. The first-order valence-corrected chi connectivity index (χ1v) is 6.66. The van der Waals surface area contributed by atoms with Crippen molar-refractivity contribution < 1.29 is 14.3 Å². The van der Waals surface area contributed by atoms with Crippen molar-refractivity contribution in [3.8, 4) is 0 Å². The number of carbonyl (C=O) groups excluding carboxylic acids is 1. The van der Waals surface area contributed by atoms with Crippen LogP contribution >= 0.6 is 0 Å². The summed E-state index contributed by atoms with van der Waals surface area (Å²) in [5.74, 6) is 0.632. The van der Waals surface area contributed by atoms with Gasteiger partial charge in [-0.1, -0.05) is 19.8 Å². The Labute approximate surface area is 104 Å². The monoisotopic (exact) mass is 243 g/mol. The maximum absolute atomic E-state index is 11.5. The zero-order valence-corrected chi connectivity index (χ0v) is 11.0. The van der Waals surface area contributed by atoms with Crippen molar-refractivity contribution in [3.63, 3.8) is 0 Å². The normalized spacial score (nSPS) is 16.8. The zero-order chi connectivity index (χ0) is 12.5. The van der Waals surface area contributed by atoms with Crippen LogP contribution in [0.2, 0.25) is 0 Å². The molecule has 1 aliphatic rings. The largest absolute Gasteiger partial charge is 0.468 e. The first-order chi connectivity index (χ1) is 8.27. The third kappa shape index (κ3) is 6.64. The fourth-order valence-electron chi connectivity index (χ4n) is 1.69. The minimum absolute atomic E-state index is 0.166. The van der Waals surface area contributed by atoms with E-state index in [1.54, 1.807) is 0 Å². The van der Waals surface area contributed by atoms with Gasteiger partial charge in [-0.15, -0.1) is 0 Å². The van der Waals surface area contributed by atoms with E-state index in [4.69, 9.17) is 9.47 Å². The molecule has 4 heteroatoms. The second kappa shape index (κ2) is 8.48. The molecule has 0 aromatic heterocycles. The van der Waals surface area contributed by atoms with Gasteiger partial charge < -0.3 is 14.8 Å². The standard InChI is InChI=1S/C13H25NO3/c1-3-4-5-12(13(15)16-2)14-8-9-17-10-11-6-7-11/h11-12,14H,3-10H2,1-2H3. The molecule has 1 rings (SSSR count). The molecular weight excluding hydrogens is 218 g/mol. The molecule has 0 aromatic rings. The number of esters is 1. The lowest BCUT2D eigenvalue weighted by molar-refractivity contribution is -0.143. The Morgan fingerprint density at radius 2 is 2.24 bits per heavy atom. The summed E-state index contributed by atoms with van der Waals surface area (Å²) in [4.78, 5) is 11.5. The molecule has 17 heavy (non-hydrogen) atoms. The van der Waals surface area contributed by atoms with Crippen LogP contribution in [0.3, 0.4) is 0 Å². The number of nitrogens with one attached hydrogen (secondary N) is 1. The number of rotatable bonds is 10. The Morgan fingerprint density at radius 1 is 1.47 bits per heavy atom. The molecule has 0 heterocycles. The summed E-state index contributed by atoms with van der Waals surface area (Å²) in [7, 11) is 1.44. The summed E-state index contributed by atoms with van der Waals surface area (Å²) in [5, 5.41) is 3.20. The van der Waals surface area contributed by atoms with E-state index in [1.807, 2.05) is 0 Å². The average molecular weight is 243 g/mol. The van der Waals surface area contributed by atoms with Gasteiger partial charge in [0.2, 0.25) is 0 Å². The topological polar surface area (TPSA) is 47.6 Å². The Balaban J connectivity index is 2.06. The molecule has 1 N–H and O–H groups in total. The lowest BCUT2D eigenvalue weighted by Crippen LogP contribution is -2.39. The van der Waals surface area contributed by atoms with Gasteiger partial charge in [0.05, 0.1) is 13.7 Å². The van der Waals surface area contributed by atoms with Gasteiger partial charge in [0, 0.05) is 13.2 Å². The summed E-state index contributed by atoms with van der Waals surface area (Å²) in [6.45, 7) is 4.39. The minimum atomic E-state index is -0.176. The summed E-state index contributed by atoms with van der Waals surface area (Å²) in [6, 6.07) is -0.176. The number of hydrogen-bond donors (Lipinski definition) is 1. The van der Waals surface area contributed by atoms with Crippen molar-refractivity contribution in [1.82, 2.24) is 5.32 Å². The van der Waals surface area contributed by atoms with Gasteiger partial charge in [0.1, 0.15) is 6.04 Å². The molecular formula is C13H25NO3. The Kier molecular flexibility index (Phi) is 7.21. The third-order valence-electron chi connectivity index (χ3n) is 3.02. The second-order valence-electron chi connectivity index (χ2n) is 4.69. The number of unbranched alkanes of at least 4 members (excludes halogenated alkanes) is 1. The molecule has 1 aliphatic carbocycles. The number of methoxy groups -OCH3 is 1. The van der Waals surface area contributed by atoms with Crippen LogP contribution < -0.4 is 5.32 Å². The second-order valence-corrected chi connectivity index (χ2v) is 4.69. The molecule has 0 aromatic carbocycles. The number of carbonyl (C=O) groups is 1. The van der Waals surface area contributed by atoms with Gasteiger partial charge in [-0.2, -0.15) is 0 Å². The van der Waals surface area contributed by atoms with E-state index in [2.05, 4.69) is 12.2 Å². The third-order valence-corrected chi connectivity index (χ3v) is 3.02. The van der Waals surface area contributed by atoms with Gasteiger partial charge in [-0.05, 0) is 25.2 Å². The highest BCUT2D eigenvalue weighted by molar-refractivity contribution is 5.75. The SMILES string of the molecule is CCCCC(NCCOCC1CC1)C(=O)OC. The first kappa shape index (κ1) is 14.5. The quantitative estimate of drug-likeness (QED) is 0.469. The van der Waals surface area contributed by atoms with E-state index in [0.717, 1.165) is 38.3 Å². The molecule has 0 saturated heterocycles. The van der Waals surface area contributed by atoms with Crippen LogP contribution in [-0.4, -0.2) is 38.9 Å². The fraction of sp³-hybridized carbons (Fsp3) is 0.923. The number of hydrogen-bond acceptors (Lipinski definition) is 4. The van der Waals surface area contributed by atoms with E-state index in [0.29, 0.717) is 6.61 Å². The highest BCUT2D eigenvalue weighted by Crippen LogP contribution is 2.28. The molecule has 1 unspecified atom stereocenters. The first-order valence-electron chi connectivity index (χ1n) is 6.66. The molecule has 1 fully saturated rings. The van der Waals surface area contributed by atoms with E-state index in [9.17, 15) is 4.79 Å². The Bertz CT molecular complexity index is 217. The molecule has 100 valence electrons. The van der Waals surface area contributed by atoms with Crippen LogP contribution in [-0.2, 0) is 14.3 Å². The van der Waals surface area contributed by atoms with Crippen molar-refractivity contribution in [2.24, 2.45) is 5.92 Å². The molecule has 0 bridgehead atoms. The smallest absolute Gasteiger partial charge is 0.322 e.